The number of thiazole rings is 1. The van der Waals surface area contributed by atoms with Crippen LogP contribution < -0.4 is 0 Å². The average molecular weight is 419 g/mol. The molecule has 1 atom stereocenters. The first-order valence-corrected chi connectivity index (χ1v) is 9.53. The SMILES string of the molecule is O=C(Cc1csc(-c2ccc(C(F)(F)F)cc2)n1)CC(C(=O)O)c1ccccc1. The van der Waals surface area contributed by atoms with Gasteiger partial charge in [0.15, 0.2) is 0 Å². The summed E-state index contributed by atoms with van der Waals surface area (Å²) < 4.78 is 38.0. The first kappa shape index (κ1) is 20.7. The Morgan fingerprint density at radius 2 is 1.69 bits per heavy atom. The maximum absolute atomic E-state index is 12.7. The molecule has 1 unspecified atom stereocenters. The largest absolute Gasteiger partial charge is 0.481 e. The summed E-state index contributed by atoms with van der Waals surface area (Å²) >= 11 is 1.22. The molecule has 0 fully saturated rings. The molecule has 0 aliphatic heterocycles. The quantitative estimate of drug-likeness (QED) is 0.572. The molecular weight excluding hydrogens is 403 g/mol. The number of carbonyl (C=O) groups excluding carboxylic acids is 1. The van der Waals surface area contributed by atoms with Gasteiger partial charge in [0.1, 0.15) is 10.8 Å². The topological polar surface area (TPSA) is 67.3 Å². The third-order valence-corrected chi connectivity index (χ3v) is 5.26. The molecule has 3 aromatic rings. The Bertz CT molecular complexity index is 998. The number of carboxylic acids is 1. The first-order chi connectivity index (χ1) is 13.7. The van der Waals surface area contributed by atoms with Gasteiger partial charge in [-0.05, 0) is 17.7 Å². The minimum atomic E-state index is -4.40. The Balaban J connectivity index is 1.68. The smallest absolute Gasteiger partial charge is 0.416 e. The van der Waals surface area contributed by atoms with E-state index < -0.39 is 23.6 Å². The predicted octanol–water partition coefficient (Wildman–Crippen LogP) is 5.20. The van der Waals surface area contributed by atoms with Crippen LogP contribution in [-0.4, -0.2) is 21.8 Å². The second-order valence-electron chi connectivity index (χ2n) is 6.44. The van der Waals surface area contributed by atoms with E-state index in [-0.39, 0.29) is 18.6 Å². The molecule has 0 radical (unpaired) electrons. The lowest BCUT2D eigenvalue weighted by atomic mass is 9.93. The minimum absolute atomic E-state index is 0.0340. The second-order valence-corrected chi connectivity index (χ2v) is 7.30. The lowest BCUT2D eigenvalue weighted by Gasteiger charge is -2.11. The fourth-order valence-electron chi connectivity index (χ4n) is 2.86. The lowest BCUT2D eigenvalue weighted by Crippen LogP contribution is -2.17. The fourth-order valence-corrected chi connectivity index (χ4v) is 3.68. The van der Waals surface area contributed by atoms with E-state index in [0.717, 1.165) is 12.1 Å². The Labute approximate surface area is 168 Å². The molecule has 0 aliphatic rings. The van der Waals surface area contributed by atoms with Gasteiger partial charge < -0.3 is 5.11 Å². The molecule has 2 aromatic carbocycles. The van der Waals surface area contributed by atoms with E-state index in [1.807, 2.05) is 0 Å². The minimum Gasteiger partial charge on any atom is -0.481 e. The molecule has 0 amide bonds. The van der Waals surface area contributed by atoms with Crippen molar-refractivity contribution >= 4 is 23.1 Å². The Kier molecular flexibility index (Phi) is 6.12. The van der Waals surface area contributed by atoms with Gasteiger partial charge in [0.25, 0.3) is 0 Å². The molecule has 0 bridgehead atoms. The van der Waals surface area contributed by atoms with E-state index in [0.29, 0.717) is 21.8 Å². The van der Waals surface area contributed by atoms with Crippen LogP contribution >= 0.6 is 11.3 Å². The summed E-state index contributed by atoms with van der Waals surface area (Å²) in [5, 5.41) is 11.6. The van der Waals surface area contributed by atoms with Crippen molar-refractivity contribution in [2.45, 2.75) is 24.9 Å². The normalized spacial score (nSPS) is 12.5. The number of nitrogens with zero attached hydrogens (tertiary/aromatic N) is 1. The van der Waals surface area contributed by atoms with Gasteiger partial charge in [-0.3, -0.25) is 9.59 Å². The number of aliphatic carboxylic acids is 1. The number of carbonyl (C=O) groups is 2. The molecule has 29 heavy (non-hydrogen) atoms. The molecule has 4 nitrogen and oxygen atoms in total. The molecule has 3 rings (SSSR count). The van der Waals surface area contributed by atoms with Crippen LogP contribution in [0.15, 0.2) is 60.0 Å². The molecule has 0 saturated carbocycles. The summed E-state index contributed by atoms with van der Waals surface area (Å²) in [5.41, 5.74) is 0.799. The van der Waals surface area contributed by atoms with Crippen LogP contribution in [0.5, 0.6) is 0 Å². The lowest BCUT2D eigenvalue weighted by molar-refractivity contribution is -0.140. The maximum atomic E-state index is 12.7. The number of carboxylic acid groups (broad SMARTS) is 1. The van der Waals surface area contributed by atoms with Gasteiger partial charge in [-0.15, -0.1) is 11.3 Å². The van der Waals surface area contributed by atoms with Crippen molar-refractivity contribution in [1.82, 2.24) is 4.98 Å². The van der Waals surface area contributed by atoms with Crippen molar-refractivity contribution in [2.75, 3.05) is 0 Å². The van der Waals surface area contributed by atoms with Crippen LogP contribution in [0.4, 0.5) is 13.2 Å². The number of alkyl halides is 3. The molecule has 0 aliphatic carbocycles. The highest BCUT2D eigenvalue weighted by molar-refractivity contribution is 7.13. The van der Waals surface area contributed by atoms with Crippen LogP contribution in [-0.2, 0) is 22.2 Å². The van der Waals surface area contributed by atoms with Gasteiger partial charge >= 0.3 is 12.1 Å². The number of halogens is 3. The molecule has 0 spiro atoms. The van der Waals surface area contributed by atoms with Crippen molar-refractivity contribution in [3.8, 4) is 10.6 Å². The van der Waals surface area contributed by atoms with Gasteiger partial charge in [0.05, 0.1) is 17.2 Å². The van der Waals surface area contributed by atoms with Crippen molar-refractivity contribution in [1.29, 1.82) is 0 Å². The summed E-state index contributed by atoms with van der Waals surface area (Å²) in [4.78, 5) is 28.2. The van der Waals surface area contributed by atoms with Crippen molar-refractivity contribution in [2.24, 2.45) is 0 Å². The van der Waals surface area contributed by atoms with Gasteiger partial charge in [0, 0.05) is 23.8 Å². The van der Waals surface area contributed by atoms with Gasteiger partial charge in [-0.2, -0.15) is 13.2 Å². The number of hydrogen-bond acceptors (Lipinski definition) is 4. The van der Waals surface area contributed by atoms with Crippen LogP contribution in [0.2, 0.25) is 0 Å². The standard InChI is InChI=1S/C21H16F3NO3S/c22-21(23,24)15-8-6-14(7-9-15)19-25-16(12-29-19)10-17(26)11-18(20(27)28)13-4-2-1-3-5-13/h1-9,12,18H,10-11H2,(H,27,28). The van der Waals surface area contributed by atoms with Crippen LogP contribution in [0, 0.1) is 0 Å². The molecule has 150 valence electrons. The summed E-state index contributed by atoms with van der Waals surface area (Å²) in [6.45, 7) is 0. The van der Waals surface area contributed by atoms with Crippen LogP contribution in [0.3, 0.4) is 0 Å². The monoisotopic (exact) mass is 419 g/mol. The molecule has 1 N–H and O–H groups in total. The molecule has 1 aromatic heterocycles. The molecule has 0 saturated heterocycles. The van der Waals surface area contributed by atoms with E-state index in [1.54, 1.807) is 35.7 Å². The number of benzene rings is 2. The third-order valence-electron chi connectivity index (χ3n) is 4.32. The maximum Gasteiger partial charge on any atom is 0.416 e. The summed E-state index contributed by atoms with van der Waals surface area (Å²) in [6, 6.07) is 13.2. The third kappa shape index (κ3) is 5.29. The Morgan fingerprint density at radius 3 is 2.28 bits per heavy atom. The van der Waals surface area contributed by atoms with E-state index in [4.69, 9.17) is 0 Å². The zero-order chi connectivity index (χ0) is 21.0. The average Bonchev–Trinajstić information content (AvgIpc) is 3.14. The number of ketones is 1. The predicted molar refractivity (Wildman–Crippen MR) is 103 cm³/mol. The summed E-state index contributed by atoms with van der Waals surface area (Å²) in [6.07, 6.45) is -4.60. The van der Waals surface area contributed by atoms with E-state index >= 15 is 0 Å². The second kappa shape index (κ2) is 8.57. The van der Waals surface area contributed by atoms with Gasteiger partial charge in [0.2, 0.25) is 0 Å². The van der Waals surface area contributed by atoms with Crippen molar-refractivity contribution < 1.29 is 27.9 Å². The van der Waals surface area contributed by atoms with E-state index in [9.17, 15) is 27.9 Å². The first-order valence-electron chi connectivity index (χ1n) is 8.65. The van der Waals surface area contributed by atoms with E-state index in [2.05, 4.69) is 4.98 Å². The van der Waals surface area contributed by atoms with E-state index in [1.165, 1.54) is 23.5 Å². The molecule has 1 heterocycles. The number of Topliss-reactive ketones (excluding diaryl/α,β-unsaturated/α-hetero) is 1. The molecule has 8 heteroatoms. The van der Waals surface area contributed by atoms with Gasteiger partial charge in [-0.1, -0.05) is 42.5 Å². The Hall–Kier alpha value is -3.00. The zero-order valence-corrected chi connectivity index (χ0v) is 15.8. The summed E-state index contributed by atoms with van der Waals surface area (Å²) in [7, 11) is 0. The number of aromatic nitrogens is 1. The fraction of sp³-hybridized carbons (Fsp3) is 0.190. The number of hydrogen-bond donors (Lipinski definition) is 1. The molecular formula is C21H16F3NO3S. The summed E-state index contributed by atoms with van der Waals surface area (Å²) in [5.74, 6) is -2.28. The number of rotatable bonds is 7. The van der Waals surface area contributed by atoms with Crippen LogP contribution in [0.1, 0.15) is 29.2 Å². The van der Waals surface area contributed by atoms with Crippen LogP contribution in [0.25, 0.3) is 10.6 Å². The van der Waals surface area contributed by atoms with Crippen molar-refractivity contribution in [3.05, 3.63) is 76.8 Å². The highest BCUT2D eigenvalue weighted by Gasteiger charge is 2.30. The highest BCUT2D eigenvalue weighted by atomic mass is 32.1. The Morgan fingerprint density at radius 1 is 1.03 bits per heavy atom. The van der Waals surface area contributed by atoms with Gasteiger partial charge in [-0.25, -0.2) is 4.98 Å². The highest BCUT2D eigenvalue weighted by Crippen LogP contribution is 2.32. The van der Waals surface area contributed by atoms with Crippen molar-refractivity contribution in [3.63, 3.8) is 0 Å². The zero-order valence-electron chi connectivity index (χ0n) is 15.0.